The Morgan fingerprint density at radius 3 is 2.95 bits per heavy atom. The van der Waals surface area contributed by atoms with Gasteiger partial charge in [-0.1, -0.05) is 11.6 Å². The molecule has 2 aromatic rings. The predicted octanol–water partition coefficient (Wildman–Crippen LogP) is 1.62. The van der Waals surface area contributed by atoms with Crippen molar-refractivity contribution in [1.82, 2.24) is 20.2 Å². The highest BCUT2D eigenvalue weighted by molar-refractivity contribution is 6.30. The van der Waals surface area contributed by atoms with Crippen molar-refractivity contribution in [3.8, 4) is 11.4 Å². The van der Waals surface area contributed by atoms with Gasteiger partial charge < -0.3 is 9.84 Å². The van der Waals surface area contributed by atoms with Crippen LogP contribution in [0.25, 0.3) is 11.4 Å². The first kappa shape index (κ1) is 15.3. The maximum absolute atomic E-state index is 13.9. The standard InChI is InChI=1S/C12H12ClFN4O3/c1-21-8(5-11(19)20)6-18-12(15-16-17-18)9-3-2-7(13)4-10(9)14/h2-4,8H,5-6H2,1H3,(H,19,20). The fourth-order valence-corrected chi connectivity index (χ4v) is 1.96. The lowest BCUT2D eigenvalue weighted by Crippen LogP contribution is -2.23. The number of aliphatic carboxylic acids is 1. The van der Waals surface area contributed by atoms with Gasteiger partial charge in [-0.05, 0) is 28.6 Å². The predicted molar refractivity (Wildman–Crippen MR) is 71.3 cm³/mol. The summed E-state index contributed by atoms with van der Waals surface area (Å²) in [6.45, 7) is 0.0905. The number of hydrogen-bond acceptors (Lipinski definition) is 5. The molecule has 1 aromatic carbocycles. The van der Waals surface area contributed by atoms with Crippen molar-refractivity contribution in [3.63, 3.8) is 0 Å². The van der Waals surface area contributed by atoms with Crippen molar-refractivity contribution < 1.29 is 19.0 Å². The fourth-order valence-electron chi connectivity index (χ4n) is 1.80. The molecule has 0 fully saturated rings. The van der Waals surface area contributed by atoms with Crippen LogP contribution in [0.15, 0.2) is 18.2 Å². The second-order valence-electron chi connectivity index (χ2n) is 4.26. The second kappa shape index (κ2) is 6.59. The molecule has 0 spiro atoms. The lowest BCUT2D eigenvalue weighted by atomic mass is 10.2. The van der Waals surface area contributed by atoms with Crippen LogP contribution in [0.3, 0.4) is 0 Å². The van der Waals surface area contributed by atoms with Crippen LogP contribution in [0, 0.1) is 5.82 Å². The van der Waals surface area contributed by atoms with Crippen molar-refractivity contribution in [2.75, 3.05) is 7.11 Å². The Morgan fingerprint density at radius 1 is 1.57 bits per heavy atom. The fraction of sp³-hybridized carbons (Fsp3) is 0.333. The van der Waals surface area contributed by atoms with Crippen LogP contribution in [0.1, 0.15) is 6.42 Å². The third kappa shape index (κ3) is 3.73. The number of rotatable bonds is 6. The van der Waals surface area contributed by atoms with E-state index in [-0.39, 0.29) is 29.4 Å². The molecule has 1 atom stereocenters. The molecule has 7 nitrogen and oxygen atoms in total. The van der Waals surface area contributed by atoms with Gasteiger partial charge in [0.25, 0.3) is 0 Å². The number of carboxylic acid groups (broad SMARTS) is 1. The zero-order valence-corrected chi connectivity index (χ0v) is 11.8. The van der Waals surface area contributed by atoms with Crippen molar-refractivity contribution >= 4 is 17.6 Å². The largest absolute Gasteiger partial charge is 0.481 e. The zero-order chi connectivity index (χ0) is 15.4. The Bertz CT molecular complexity index is 649. The molecule has 0 amide bonds. The zero-order valence-electron chi connectivity index (χ0n) is 11.0. The first-order chi connectivity index (χ1) is 10.0. The Labute approximate surface area is 124 Å². The number of aromatic nitrogens is 4. The molecule has 1 heterocycles. The van der Waals surface area contributed by atoms with Gasteiger partial charge in [-0.3, -0.25) is 4.79 Å². The minimum Gasteiger partial charge on any atom is -0.481 e. The quantitative estimate of drug-likeness (QED) is 0.871. The van der Waals surface area contributed by atoms with Crippen LogP contribution in [0.5, 0.6) is 0 Å². The number of hydrogen-bond donors (Lipinski definition) is 1. The van der Waals surface area contributed by atoms with E-state index in [1.807, 2.05) is 0 Å². The van der Waals surface area contributed by atoms with Gasteiger partial charge >= 0.3 is 5.97 Å². The Balaban J connectivity index is 2.27. The van der Waals surface area contributed by atoms with Crippen LogP contribution in [0.4, 0.5) is 4.39 Å². The van der Waals surface area contributed by atoms with E-state index >= 15 is 0 Å². The molecule has 0 aliphatic rings. The summed E-state index contributed by atoms with van der Waals surface area (Å²) in [7, 11) is 1.39. The number of carboxylic acids is 1. The Kier molecular flexibility index (Phi) is 4.81. The molecule has 112 valence electrons. The van der Waals surface area contributed by atoms with Gasteiger partial charge in [0.2, 0.25) is 0 Å². The van der Waals surface area contributed by atoms with Gasteiger partial charge in [0.15, 0.2) is 5.82 Å². The van der Waals surface area contributed by atoms with E-state index in [9.17, 15) is 9.18 Å². The molecule has 2 rings (SSSR count). The molecular weight excluding hydrogens is 303 g/mol. The highest BCUT2D eigenvalue weighted by Gasteiger charge is 2.19. The van der Waals surface area contributed by atoms with Gasteiger partial charge in [-0.25, -0.2) is 9.07 Å². The summed E-state index contributed by atoms with van der Waals surface area (Å²) in [5.41, 5.74) is 0.176. The third-order valence-corrected chi connectivity index (χ3v) is 3.05. The number of tetrazole rings is 1. The van der Waals surface area contributed by atoms with Crippen LogP contribution in [0.2, 0.25) is 5.02 Å². The highest BCUT2D eigenvalue weighted by Crippen LogP contribution is 2.23. The van der Waals surface area contributed by atoms with Gasteiger partial charge in [0.1, 0.15) is 5.82 Å². The number of halogens is 2. The first-order valence-electron chi connectivity index (χ1n) is 5.97. The van der Waals surface area contributed by atoms with Gasteiger partial charge in [0.05, 0.1) is 24.6 Å². The van der Waals surface area contributed by atoms with Gasteiger partial charge in [-0.15, -0.1) is 5.10 Å². The molecule has 0 aliphatic carbocycles. The molecule has 0 saturated heterocycles. The minimum atomic E-state index is -1.01. The molecule has 9 heteroatoms. The minimum absolute atomic E-state index is 0.0905. The normalized spacial score (nSPS) is 12.3. The van der Waals surface area contributed by atoms with E-state index in [1.165, 1.54) is 23.9 Å². The molecular formula is C12H12ClFN4O3. The molecule has 0 bridgehead atoms. The average molecular weight is 315 g/mol. The van der Waals surface area contributed by atoms with Crippen LogP contribution < -0.4 is 0 Å². The number of ether oxygens (including phenoxy) is 1. The number of nitrogens with zero attached hydrogens (tertiary/aromatic N) is 4. The van der Waals surface area contributed by atoms with Gasteiger partial charge in [0, 0.05) is 12.1 Å². The van der Waals surface area contributed by atoms with E-state index in [0.29, 0.717) is 0 Å². The van der Waals surface area contributed by atoms with Gasteiger partial charge in [-0.2, -0.15) is 0 Å². The third-order valence-electron chi connectivity index (χ3n) is 2.82. The van der Waals surface area contributed by atoms with Crippen molar-refractivity contribution in [2.45, 2.75) is 19.1 Å². The van der Waals surface area contributed by atoms with E-state index in [1.54, 1.807) is 0 Å². The molecule has 0 radical (unpaired) electrons. The van der Waals surface area contributed by atoms with E-state index < -0.39 is 17.9 Å². The summed E-state index contributed by atoms with van der Waals surface area (Å²) in [5.74, 6) is -1.39. The average Bonchev–Trinajstić information content (AvgIpc) is 2.85. The van der Waals surface area contributed by atoms with Crippen molar-refractivity contribution in [3.05, 3.63) is 29.0 Å². The number of methoxy groups -OCH3 is 1. The smallest absolute Gasteiger partial charge is 0.306 e. The van der Waals surface area contributed by atoms with Crippen LogP contribution >= 0.6 is 11.6 Å². The second-order valence-corrected chi connectivity index (χ2v) is 4.70. The maximum atomic E-state index is 13.9. The lowest BCUT2D eigenvalue weighted by Gasteiger charge is -2.13. The van der Waals surface area contributed by atoms with Crippen LogP contribution in [-0.2, 0) is 16.1 Å². The van der Waals surface area contributed by atoms with Crippen molar-refractivity contribution in [1.29, 1.82) is 0 Å². The molecule has 1 unspecified atom stereocenters. The summed E-state index contributed by atoms with van der Waals surface area (Å²) in [4.78, 5) is 10.7. The maximum Gasteiger partial charge on any atom is 0.306 e. The molecule has 1 N–H and O–H groups in total. The lowest BCUT2D eigenvalue weighted by molar-refractivity contribution is -0.140. The summed E-state index contributed by atoms with van der Waals surface area (Å²) in [6.07, 6.45) is -0.834. The first-order valence-corrected chi connectivity index (χ1v) is 6.35. The summed E-state index contributed by atoms with van der Waals surface area (Å²) < 4.78 is 20.3. The molecule has 21 heavy (non-hydrogen) atoms. The number of carbonyl (C=O) groups is 1. The summed E-state index contributed by atoms with van der Waals surface area (Å²) in [6, 6.07) is 4.13. The molecule has 1 aromatic heterocycles. The Hall–Kier alpha value is -2.06. The highest BCUT2D eigenvalue weighted by atomic mass is 35.5. The van der Waals surface area contributed by atoms with Crippen LogP contribution in [-0.4, -0.2) is 44.5 Å². The summed E-state index contributed by atoms with van der Waals surface area (Å²) in [5, 5.41) is 20.0. The monoisotopic (exact) mass is 314 g/mol. The van der Waals surface area contributed by atoms with E-state index in [2.05, 4.69) is 15.5 Å². The summed E-state index contributed by atoms with van der Waals surface area (Å²) >= 11 is 5.70. The van der Waals surface area contributed by atoms with Crippen molar-refractivity contribution in [2.24, 2.45) is 0 Å². The topological polar surface area (TPSA) is 90.1 Å². The molecule has 0 aliphatic heterocycles. The SMILES string of the molecule is COC(CC(=O)O)Cn1nnnc1-c1ccc(Cl)cc1F. The Morgan fingerprint density at radius 2 is 2.33 bits per heavy atom. The van der Waals surface area contributed by atoms with E-state index in [0.717, 1.165) is 6.07 Å². The molecule has 0 saturated carbocycles. The number of benzene rings is 1. The van der Waals surface area contributed by atoms with E-state index in [4.69, 9.17) is 21.4 Å².